The molecule has 0 amide bonds. The van der Waals surface area contributed by atoms with E-state index in [0.29, 0.717) is 20.8 Å². The van der Waals surface area contributed by atoms with Gasteiger partial charge in [-0.1, -0.05) is 47.8 Å². The van der Waals surface area contributed by atoms with Gasteiger partial charge in [0.25, 0.3) is 0 Å². The number of hydrogen-bond donors (Lipinski definition) is 1. The largest absolute Gasteiger partial charge is 0.376 e. The van der Waals surface area contributed by atoms with Crippen molar-refractivity contribution in [1.82, 2.24) is 0 Å². The van der Waals surface area contributed by atoms with Crippen LogP contribution in [0.4, 0.5) is 10.1 Å². The van der Waals surface area contributed by atoms with Gasteiger partial charge in [-0.2, -0.15) is 0 Å². The van der Waals surface area contributed by atoms with Crippen LogP contribution in [0.3, 0.4) is 0 Å². The van der Waals surface area contributed by atoms with Gasteiger partial charge in [-0.05, 0) is 42.3 Å². The van der Waals surface area contributed by atoms with Crippen LogP contribution in [0.5, 0.6) is 0 Å². The molecule has 2 rings (SSSR count). The van der Waals surface area contributed by atoms with Gasteiger partial charge < -0.3 is 5.32 Å². The standard InChI is InChI=1S/C15H13Cl3FN/c1-2-14(11-5-3-9(16)7-12(11)18)20-15-6-4-10(17)8-13(15)19/h3-8,14,20H,2H2,1H3. The highest BCUT2D eigenvalue weighted by atomic mass is 35.5. The van der Waals surface area contributed by atoms with Crippen molar-refractivity contribution >= 4 is 40.5 Å². The third-order valence-electron chi connectivity index (χ3n) is 3.01. The van der Waals surface area contributed by atoms with Crippen LogP contribution in [-0.4, -0.2) is 0 Å². The summed E-state index contributed by atoms with van der Waals surface area (Å²) in [5.74, 6) is -0.388. The molecule has 1 N–H and O–H groups in total. The van der Waals surface area contributed by atoms with Crippen molar-refractivity contribution in [3.8, 4) is 0 Å². The zero-order chi connectivity index (χ0) is 14.7. The van der Waals surface area contributed by atoms with Gasteiger partial charge in [0.05, 0.1) is 11.7 Å². The van der Waals surface area contributed by atoms with E-state index in [9.17, 15) is 4.39 Å². The van der Waals surface area contributed by atoms with Crippen molar-refractivity contribution in [3.05, 3.63) is 62.8 Å². The van der Waals surface area contributed by atoms with Gasteiger partial charge in [0, 0.05) is 15.1 Å². The summed E-state index contributed by atoms with van der Waals surface area (Å²) >= 11 is 17.8. The molecule has 0 aliphatic rings. The maximum atomic E-state index is 13.8. The summed E-state index contributed by atoms with van der Waals surface area (Å²) in [6.07, 6.45) is 0.753. The highest BCUT2D eigenvalue weighted by molar-refractivity contribution is 6.35. The summed E-state index contributed by atoms with van der Waals surface area (Å²) < 4.78 is 13.8. The van der Waals surface area contributed by atoms with Crippen molar-refractivity contribution in [1.29, 1.82) is 0 Å². The highest BCUT2D eigenvalue weighted by Crippen LogP contribution is 2.31. The Bertz CT molecular complexity index is 616. The Morgan fingerprint density at radius 2 is 1.70 bits per heavy atom. The topological polar surface area (TPSA) is 12.0 Å². The molecule has 0 fully saturated rings. The minimum atomic E-state index is -0.388. The fraction of sp³-hybridized carbons (Fsp3) is 0.200. The van der Waals surface area contributed by atoms with E-state index < -0.39 is 0 Å². The molecule has 0 saturated carbocycles. The molecule has 0 spiro atoms. The highest BCUT2D eigenvalue weighted by Gasteiger charge is 2.15. The van der Waals surface area contributed by atoms with Crippen molar-refractivity contribution in [2.75, 3.05) is 5.32 Å². The molecule has 1 unspecified atom stereocenters. The zero-order valence-electron chi connectivity index (χ0n) is 10.8. The van der Waals surface area contributed by atoms with Gasteiger partial charge in [-0.3, -0.25) is 0 Å². The maximum Gasteiger partial charge on any atom is 0.147 e. The molecule has 2 aromatic carbocycles. The lowest BCUT2D eigenvalue weighted by molar-refractivity contribution is 0.624. The lowest BCUT2D eigenvalue weighted by Crippen LogP contribution is -2.11. The molecule has 0 aromatic heterocycles. The molecule has 20 heavy (non-hydrogen) atoms. The van der Waals surface area contributed by atoms with Crippen LogP contribution in [-0.2, 0) is 0 Å². The molecule has 0 heterocycles. The predicted molar refractivity (Wildman–Crippen MR) is 84.5 cm³/mol. The quantitative estimate of drug-likeness (QED) is 0.688. The number of nitrogens with one attached hydrogen (secondary N) is 1. The lowest BCUT2D eigenvalue weighted by atomic mass is 10.0. The van der Waals surface area contributed by atoms with Crippen LogP contribution < -0.4 is 5.32 Å². The van der Waals surface area contributed by atoms with E-state index in [4.69, 9.17) is 34.8 Å². The Morgan fingerprint density at radius 1 is 1.05 bits per heavy atom. The van der Waals surface area contributed by atoms with Gasteiger partial charge in [0.1, 0.15) is 5.82 Å². The van der Waals surface area contributed by atoms with E-state index in [1.165, 1.54) is 6.07 Å². The fourth-order valence-corrected chi connectivity index (χ4v) is 2.68. The summed E-state index contributed by atoms with van der Waals surface area (Å²) in [7, 11) is 0. The zero-order valence-corrected chi connectivity index (χ0v) is 13.0. The van der Waals surface area contributed by atoms with Gasteiger partial charge in [0.15, 0.2) is 0 Å². The first kappa shape index (κ1) is 15.4. The van der Waals surface area contributed by atoms with Crippen LogP contribution in [0, 0.1) is 5.82 Å². The molecule has 106 valence electrons. The van der Waals surface area contributed by atoms with Crippen molar-refractivity contribution in [2.45, 2.75) is 19.4 Å². The second-order valence-corrected chi connectivity index (χ2v) is 5.68. The van der Waals surface area contributed by atoms with E-state index >= 15 is 0 Å². The summed E-state index contributed by atoms with van der Waals surface area (Å²) in [5, 5.41) is 4.64. The Morgan fingerprint density at radius 3 is 2.30 bits per heavy atom. The third-order valence-corrected chi connectivity index (χ3v) is 3.80. The Balaban J connectivity index is 2.28. The van der Waals surface area contributed by atoms with Crippen LogP contribution in [0.25, 0.3) is 0 Å². The molecule has 2 aromatic rings. The lowest BCUT2D eigenvalue weighted by Gasteiger charge is -2.20. The van der Waals surface area contributed by atoms with E-state index in [1.807, 2.05) is 13.0 Å². The monoisotopic (exact) mass is 331 g/mol. The SMILES string of the molecule is CCC(Nc1ccc(Cl)cc1F)c1ccc(Cl)cc1Cl. The summed E-state index contributed by atoms with van der Waals surface area (Å²) in [6, 6.07) is 9.73. The molecule has 1 atom stereocenters. The number of halogens is 4. The molecule has 0 aliphatic heterocycles. The van der Waals surface area contributed by atoms with Crippen LogP contribution in [0.15, 0.2) is 36.4 Å². The summed E-state index contributed by atoms with van der Waals surface area (Å²) in [5.41, 5.74) is 1.28. The number of anilines is 1. The van der Waals surface area contributed by atoms with Gasteiger partial charge in [0.2, 0.25) is 0 Å². The minimum absolute atomic E-state index is 0.101. The number of benzene rings is 2. The van der Waals surface area contributed by atoms with E-state index in [0.717, 1.165) is 12.0 Å². The summed E-state index contributed by atoms with van der Waals surface area (Å²) in [4.78, 5) is 0. The van der Waals surface area contributed by atoms with E-state index in [2.05, 4.69) is 5.32 Å². The molecule has 0 bridgehead atoms. The number of rotatable bonds is 4. The van der Waals surface area contributed by atoms with Crippen molar-refractivity contribution in [3.63, 3.8) is 0 Å². The average Bonchev–Trinajstić information content (AvgIpc) is 2.39. The Kier molecular flexibility index (Phi) is 5.14. The Labute approximate surface area is 132 Å². The smallest absolute Gasteiger partial charge is 0.147 e. The minimum Gasteiger partial charge on any atom is -0.376 e. The summed E-state index contributed by atoms with van der Waals surface area (Å²) in [6.45, 7) is 2.00. The molecule has 0 aliphatic carbocycles. The van der Waals surface area contributed by atoms with Gasteiger partial charge in [-0.15, -0.1) is 0 Å². The molecular formula is C15H13Cl3FN. The second-order valence-electron chi connectivity index (χ2n) is 4.40. The van der Waals surface area contributed by atoms with E-state index in [-0.39, 0.29) is 11.9 Å². The van der Waals surface area contributed by atoms with Crippen molar-refractivity contribution < 1.29 is 4.39 Å². The predicted octanol–water partition coefficient (Wildman–Crippen LogP) is 6.35. The van der Waals surface area contributed by atoms with Crippen molar-refractivity contribution in [2.24, 2.45) is 0 Å². The fourth-order valence-electron chi connectivity index (χ4n) is 1.98. The first-order chi connectivity index (χ1) is 9.51. The third kappa shape index (κ3) is 3.57. The second kappa shape index (κ2) is 6.66. The van der Waals surface area contributed by atoms with E-state index in [1.54, 1.807) is 24.3 Å². The number of hydrogen-bond acceptors (Lipinski definition) is 1. The molecule has 0 radical (unpaired) electrons. The molecule has 5 heteroatoms. The average molecular weight is 333 g/mol. The first-order valence-corrected chi connectivity index (χ1v) is 7.31. The Hall–Kier alpha value is -0.960. The van der Waals surface area contributed by atoms with Gasteiger partial charge >= 0.3 is 0 Å². The normalized spacial score (nSPS) is 12.2. The molecular weight excluding hydrogens is 320 g/mol. The molecule has 0 saturated heterocycles. The van der Waals surface area contributed by atoms with Gasteiger partial charge in [-0.25, -0.2) is 4.39 Å². The van der Waals surface area contributed by atoms with Crippen LogP contribution in [0.1, 0.15) is 24.9 Å². The first-order valence-electron chi connectivity index (χ1n) is 6.17. The van der Waals surface area contributed by atoms with Crippen LogP contribution in [0.2, 0.25) is 15.1 Å². The molecule has 1 nitrogen and oxygen atoms in total. The maximum absolute atomic E-state index is 13.8. The van der Waals surface area contributed by atoms with Crippen LogP contribution >= 0.6 is 34.8 Å².